The monoisotopic (exact) mass is 290 g/mol. The molecular formula is C17H39OP. The molecule has 2 heteroatoms. The van der Waals surface area contributed by atoms with E-state index in [9.17, 15) is 5.11 Å². The van der Waals surface area contributed by atoms with Crippen LogP contribution < -0.4 is 0 Å². The molecule has 0 saturated heterocycles. The van der Waals surface area contributed by atoms with E-state index in [4.69, 9.17) is 0 Å². The van der Waals surface area contributed by atoms with E-state index in [2.05, 4.69) is 27.7 Å². The molecule has 1 nitrogen and oxygen atoms in total. The molecule has 3 atom stereocenters. The molecule has 0 rings (SSSR count). The van der Waals surface area contributed by atoms with Crippen LogP contribution in [0.4, 0.5) is 0 Å². The summed E-state index contributed by atoms with van der Waals surface area (Å²) in [6, 6.07) is 0. The quantitative estimate of drug-likeness (QED) is 0.463. The highest BCUT2D eigenvalue weighted by molar-refractivity contribution is 6.92. The highest BCUT2D eigenvalue weighted by Gasteiger charge is 2.16. The lowest BCUT2D eigenvalue weighted by Crippen LogP contribution is -2.17. The van der Waals surface area contributed by atoms with E-state index in [1.165, 1.54) is 51.4 Å². The zero-order valence-corrected chi connectivity index (χ0v) is 15.4. The van der Waals surface area contributed by atoms with Gasteiger partial charge in [0.25, 0.3) is 0 Å². The van der Waals surface area contributed by atoms with Gasteiger partial charge in [-0.05, 0) is 24.7 Å². The third kappa shape index (κ3) is 11.9. The van der Waals surface area contributed by atoms with Crippen molar-refractivity contribution >= 4 is 9.90 Å². The third-order valence-corrected chi connectivity index (χ3v) is 4.30. The minimum atomic E-state index is -0.0615. The summed E-state index contributed by atoms with van der Waals surface area (Å²) in [5.41, 5.74) is 0. The predicted molar refractivity (Wildman–Crippen MR) is 93.0 cm³/mol. The van der Waals surface area contributed by atoms with Crippen LogP contribution in [0.15, 0.2) is 0 Å². The van der Waals surface area contributed by atoms with Crippen LogP contribution >= 0.6 is 9.90 Å². The number of aliphatic hydroxyl groups is 1. The minimum Gasteiger partial charge on any atom is -0.393 e. The predicted octanol–water partition coefficient (Wildman–Crippen LogP) is 5.62. The summed E-state index contributed by atoms with van der Waals surface area (Å²) in [7, 11) is 0. The summed E-state index contributed by atoms with van der Waals surface area (Å²) in [5, 5.41) is 10.3. The zero-order valence-electron chi connectivity index (χ0n) is 14.0. The van der Waals surface area contributed by atoms with Gasteiger partial charge in [0, 0.05) is 0 Å². The molecular weight excluding hydrogens is 251 g/mol. The lowest BCUT2D eigenvalue weighted by atomic mass is 9.87. The molecule has 0 aromatic carbocycles. The summed E-state index contributed by atoms with van der Waals surface area (Å²) in [6.07, 6.45) is 12.2. The first kappa shape index (κ1) is 21.7. The van der Waals surface area contributed by atoms with Gasteiger partial charge in [0.05, 0.1) is 6.10 Å². The van der Waals surface area contributed by atoms with Gasteiger partial charge in [0.15, 0.2) is 0 Å². The maximum absolute atomic E-state index is 10.3. The average molecular weight is 290 g/mol. The number of hydrogen-bond donors (Lipinski definition) is 1. The average Bonchev–Trinajstić information content (AvgIpc) is 2.39. The van der Waals surface area contributed by atoms with Crippen LogP contribution in [0.5, 0.6) is 0 Å². The molecule has 0 fully saturated rings. The first-order valence-electron chi connectivity index (χ1n) is 8.35. The lowest BCUT2D eigenvalue weighted by molar-refractivity contribution is 0.106. The molecule has 3 unspecified atom stereocenters. The van der Waals surface area contributed by atoms with Crippen LogP contribution in [-0.4, -0.2) is 11.2 Å². The van der Waals surface area contributed by atoms with Crippen molar-refractivity contribution < 1.29 is 5.11 Å². The van der Waals surface area contributed by atoms with Crippen LogP contribution in [-0.2, 0) is 0 Å². The Bertz CT molecular complexity index is 155. The topological polar surface area (TPSA) is 20.2 Å². The Morgan fingerprint density at radius 3 is 1.37 bits per heavy atom. The van der Waals surface area contributed by atoms with Gasteiger partial charge in [0.1, 0.15) is 0 Å². The first-order chi connectivity index (χ1) is 8.67. The molecule has 0 bridgehead atoms. The van der Waals surface area contributed by atoms with Crippen molar-refractivity contribution in [3.8, 4) is 0 Å². The molecule has 0 radical (unpaired) electrons. The Balaban J connectivity index is 0. The zero-order chi connectivity index (χ0) is 13.8. The SMILES string of the molecule is CCCCC(CC)CC(O)CC(CC)CCCC.P. The van der Waals surface area contributed by atoms with Gasteiger partial charge in [-0.2, -0.15) is 9.90 Å². The van der Waals surface area contributed by atoms with Gasteiger partial charge in [-0.1, -0.05) is 79.1 Å². The van der Waals surface area contributed by atoms with Crippen LogP contribution in [0, 0.1) is 11.8 Å². The van der Waals surface area contributed by atoms with E-state index in [1.54, 1.807) is 0 Å². The molecule has 0 aliphatic carbocycles. The Morgan fingerprint density at radius 1 is 0.737 bits per heavy atom. The number of aliphatic hydroxyl groups excluding tert-OH is 1. The highest BCUT2D eigenvalue weighted by Crippen LogP contribution is 2.24. The second-order valence-electron chi connectivity index (χ2n) is 5.96. The van der Waals surface area contributed by atoms with E-state index in [1.807, 2.05) is 0 Å². The number of rotatable bonds is 12. The molecule has 118 valence electrons. The molecule has 0 spiro atoms. The smallest absolute Gasteiger partial charge is 0.0545 e. The van der Waals surface area contributed by atoms with Crippen LogP contribution in [0.1, 0.15) is 91.9 Å². The number of hydrogen-bond acceptors (Lipinski definition) is 1. The molecule has 0 aromatic rings. The van der Waals surface area contributed by atoms with Crippen molar-refractivity contribution in [3.05, 3.63) is 0 Å². The van der Waals surface area contributed by atoms with Gasteiger partial charge in [0.2, 0.25) is 0 Å². The van der Waals surface area contributed by atoms with Crippen LogP contribution in [0.3, 0.4) is 0 Å². The van der Waals surface area contributed by atoms with Gasteiger partial charge >= 0.3 is 0 Å². The second kappa shape index (κ2) is 14.8. The van der Waals surface area contributed by atoms with Gasteiger partial charge in [-0.25, -0.2) is 0 Å². The van der Waals surface area contributed by atoms with Crippen molar-refractivity contribution in [2.75, 3.05) is 0 Å². The van der Waals surface area contributed by atoms with Crippen LogP contribution in [0.2, 0.25) is 0 Å². The maximum atomic E-state index is 10.3. The molecule has 0 saturated carbocycles. The van der Waals surface area contributed by atoms with Crippen molar-refractivity contribution in [2.45, 2.75) is 98.0 Å². The summed E-state index contributed by atoms with van der Waals surface area (Å²) in [4.78, 5) is 0. The molecule has 0 aromatic heterocycles. The van der Waals surface area contributed by atoms with Crippen molar-refractivity contribution in [3.63, 3.8) is 0 Å². The molecule has 1 N–H and O–H groups in total. The molecule has 0 amide bonds. The van der Waals surface area contributed by atoms with Crippen molar-refractivity contribution in [1.29, 1.82) is 0 Å². The fraction of sp³-hybridized carbons (Fsp3) is 1.00. The van der Waals surface area contributed by atoms with Crippen molar-refractivity contribution in [2.24, 2.45) is 11.8 Å². The van der Waals surface area contributed by atoms with E-state index >= 15 is 0 Å². The maximum Gasteiger partial charge on any atom is 0.0545 e. The summed E-state index contributed by atoms with van der Waals surface area (Å²) in [6.45, 7) is 9.03. The third-order valence-electron chi connectivity index (χ3n) is 4.30. The number of unbranched alkanes of at least 4 members (excludes halogenated alkanes) is 2. The molecule has 0 aliphatic heterocycles. The largest absolute Gasteiger partial charge is 0.393 e. The van der Waals surface area contributed by atoms with Crippen molar-refractivity contribution in [1.82, 2.24) is 0 Å². The summed E-state index contributed by atoms with van der Waals surface area (Å²) in [5.74, 6) is 1.48. The molecule has 0 heterocycles. The lowest BCUT2D eigenvalue weighted by Gasteiger charge is -2.22. The normalized spacial score (nSPS) is 15.6. The molecule has 0 aliphatic rings. The fourth-order valence-corrected chi connectivity index (χ4v) is 2.83. The standard InChI is InChI=1S/C17H36O.H3P/c1-5-9-11-15(7-3)13-17(18)14-16(8-4)12-10-6-2;/h15-18H,5-14H2,1-4H3;1H3. The van der Waals surface area contributed by atoms with E-state index in [-0.39, 0.29) is 16.0 Å². The van der Waals surface area contributed by atoms with Gasteiger partial charge < -0.3 is 5.11 Å². The first-order valence-corrected chi connectivity index (χ1v) is 8.35. The second-order valence-corrected chi connectivity index (χ2v) is 5.96. The minimum absolute atomic E-state index is 0. The fourth-order valence-electron chi connectivity index (χ4n) is 2.83. The van der Waals surface area contributed by atoms with Gasteiger partial charge in [-0.15, -0.1) is 0 Å². The van der Waals surface area contributed by atoms with E-state index in [0.717, 1.165) is 24.7 Å². The molecule has 19 heavy (non-hydrogen) atoms. The van der Waals surface area contributed by atoms with Crippen LogP contribution in [0.25, 0.3) is 0 Å². The summed E-state index contributed by atoms with van der Waals surface area (Å²) < 4.78 is 0. The van der Waals surface area contributed by atoms with Gasteiger partial charge in [-0.3, -0.25) is 0 Å². The Morgan fingerprint density at radius 2 is 1.11 bits per heavy atom. The summed E-state index contributed by atoms with van der Waals surface area (Å²) >= 11 is 0. The van der Waals surface area contributed by atoms with E-state index in [0.29, 0.717) is 0 Å². The highest BCUT2D eigenvalue weighted by atomic mass is 31.0. The Labute approximate surface area is 125 Å². The Kier molecular flexibility index (Phi) is 16.9. The Hall–Kier alpha value is 0.390. The van der Waals surface area contributed by atoms with E-state index < -0.39 is 0 Å².